The molecule has 0 aliphatic heterocycles. The molecule has 1 nitrogen and oxygen atoms in total. The number of hydrogen-bond acceptors (Lipinski definition) is 1. The van der Waals surface area contributed by atoms with E-state index in [2.05, 4.69) is 50.4 Å². The third-order valence-electron chi connectivity index (χ3n) is 4.40. The largest absolute Gasteiger partial charge is 0.382 e. The van der Waals surface area contributed by atoms with Crippen LogP contribution in [0.4, 0.5) is 5.69 Å². The molecule has 0 aromatic heterocycles. The smallest absolute Gasteiger partial charge is 0.0375 e. The second kappa shape index (κ2) is 6.26. The zero-order valence-corrected chi connectivity index (χ0v) is 12.1. The normalized spacial score (nSPS) is 28.1. The lowest BCUT2D eigenvalue weighted by molar-refractivity contribution is 0.268. The molecule has 1 N–H and O–H groups in total. The molecule has 0 bridgehead atoms. The van der Waals surface area contributed by atoms with Crippen molar-refractivity contribution in [2.24, 2.45) is 11.8 Å². The van der Waals surface area contributed by atoms with Crippen LogP contribution in [0.5, 0.6) is 0 Å². The fourth-order valence-electron chi connectivity index (χ4n) is 3.29. The van der Waals surface area contributed by atoms with Gasteiger partial charge in [-0.15, -0.1) is 0 Å². The van der Waals surface area contributed by atoms with E-state index in [0.29, 0.717) is 6.04 Å². The SMILES string of the molecule is CCCc1ccccc1NC1C(C)CCCC1C. The van der Waals surface area contributed by atoms with Gasteiger partial charge in [0.2, 0.25) is 0 Å². The van der Waals surface area contributed by atoms with Crippen LogP contribution in [0.25, 0.3) is 0 Å². The summed E-state index contributed by atoms with van der Waals surface area (Å²) in [4.78, 5) is 0. The Balaban J connectivity index is 2.12. The van der Waals surface area contributed by atoms with Gasteiger partial charge in [0.15, 0.2) is 0 Å². The van der Waals surface area contributed by atoms with Gasteiger partial charge in [-0.1, -0.05) is 51.8 Å². The van der Waals surface area contributed by atoms with Gasteiger partial charge in [-0.25, -0.2) is 0 Å². The number of rotatable bonds is 4. The summed E-state index contributed by atoms with van der Waals surface area (Å²) in [7, 11) is 0. The minimum atomic E-state index is 0.650. The Morgan fingerprint density at radius 2 is 1.78 bits per heavy atom. The van der Waals surface area contributed by atoms with E-state index in [0.717, 1.165) is 11.8 Å². The van der Waals surface area contributed by atoms with E-state index >= 15 is 0 Å². The second-order valence-electron chi connectivity index (χ2n) is 5.96. The molecule has 1 heteroatoms. The van der Waals surface area contributed by atoms with Crippen LogP contribution >= 0.6 is 0 Å². The van der Waals surface area contributed by atoms with Crippen molar-refractivity contribution < 1.29 is 0 Å². The first-order valence-electron chi connectivity index (χ1n) is 7.56. The fourth-order valence-corrected chi connectivity index (χ4v) is 3.29. The maximum atomic E-state index is 3.83. The molecule has 0 radical (unpaired) electrons. The first-order valence-corrected chi connectivity index (χ1v) is 7.56. The molecule has 18 heavy (non-hydrogen) atoms. The minimum Gasteiger partial charge on any atom is -0.382 e. The molecular formula is C17H27N. The summed E-state index contributed by atoms with van der Waals surface area (Å²) in [5.41, 5.74) is 2.84. The molecule has 1 saturated carbocycles. The number of nitrogens with one attached hydrogen (secondary N) is 1. The summed E-state index contributed by atoms with van der Waals surface area (Å²) in [6.07, 6.45) is 6.54. The maximum Gasteiger partial charge on any atom is 0.0375 e. The highest BCUT2D eigenvalue weighted by atomic mass is 14.9. The van der Waals surface area contributed by atoms with Crippen LogP contribution in [0.1, 0.15) is 52.0 Å². The Bertz CT molecular complexity index is 362. The van der Waals surface area contributed by atoms with Crippen molar-refractivity contribution in [1.29, 1.82) is 0 Å². The summed E-state index contributed by atoms with van der Waals surface area (Å²) < 4.78 is 0. The molecule has 0 saturated heterocycles. The van der Waals surface area contributed by atoms with Crippen molar-refractivity contribution >= 4 is 5.69 Å². The van der Waals surface area contributed by atoms with E-state index in [1.54, 1.807) is 0 Å². The molecule has 2 unspecified atom stereocenters. The lowest BCUT2D eigenvalue weighted by Gasteiger charge is -2.36. The highest BCUT2D eigenvalue weighted by Crippen LogP contribution is 2.32. The Kier molecular flexibility index (Phi) is 4.68. The van der Waals surface area contributed by atoms with Gasteiger partial charge in [0.05, 0.1) is 0 Å². The van der Waals surface area contributed by atoms with E-state index < -0.39 is 0 Å². The van der Waals surface area contributed by atoms with Crippen molar-refractivity contribution in [1.82, 2.24) is 0 Å². The van der Waals surface area contributed by atoms with Crippen LogP contribution in [0, 0.1) is 11.8 Å². The lowest BCUT2D eigenvalue weighted by atomic mass is 9.78. The van der Waals surface area contributed by atoms with Crippen LogP contribution in [-0.4, -0.2) is 6.04 Å². The van der Waals surface area contributed by atoms with Gasteiger partial charge in [0.1, 0.15) is 0 Å². The average molecular weight is 245 g/mol. The van der Waals surface area contributed by atoms with Gasteiger partial charge >= 0.3 is 0 Å². The predicted molar refractivity (Wildman–Crippen MR) is 80.0 cm³/mol. The number of hydrogen-bond donors (Lipinski definition) is 1. The zero-order valence-electron chi connectivity index (χ0n) is 12.1. The number of benzene rings is 1. The Morgan fingerprint density at radius 1 is 1.11 bits per heavy atom. The van der Waals surface area contributed by atoms with Gasteiger partial charge in [0.25, 0.3) is 0 Å². The lowest BCUT2D eigenvalue weighted by Crippen LogP contribution is -2.37. The molecule has 1 aromatic rings. The molecule has 1 aliphatic rings. The Morgan fingerprint density at radius 3 is 2.44 bits per heavy atom. The summed E-state index contributed by atoms with van der Waals surface area (Å²) in [6, 6.07) is 9.48. The van der Waals surface area contributed by atoms with Gasteiger partial charge in [-0.2, -0.15) is 0 Å². The van der Waals surface area contributed by atoms with E-state index in [1.807, 2.05) is 0 Å². The molecular weight excluding hydrogens is 218 g/mol. The Hall–Kier alpha value is -0.980. The number of para-hydroxylation sites is 1. The maximum absolute atomic E-state index is 3.83. The molecule has 0 spiro atoms. The molecule has 0 heterocycles. The monoisotopic (exact) mass is 245 g/mol. The first kappa shape index (κ1) is 13.5. The molecule has 100 valence electrons. The Labute approximate surface area is 112 Å². The van der Waals surface area contributed by atoms with Gasteiger partial charge in [-0.05, 0) is 42.7 Å². The van der Waals surface area contributed by atoms with E-state index in [9.17, 15) is 0 Å². The summed E-state index contributed by atoms with van der Waals surface area (Å²) >= 11 is 0. The summed E-state index contributed by atoms with van der Waals surface area (Å²) in [5, 5.41) is 3.83. The van der Waals surface area contributed by atoms with Crippen LogP contribution < -0.4 is 5.32 Å². The van der Waals surface area contributed by atoms with Crippen LogP contribution in [0.2, 0.25) is 0 Å². The average Bonchev–Trinajstić information content (AvgIpc) is 2.36. The van der Waals surface area contributed by atoms with E-state index in [4.69, 9.17) is 0 Å². The fraction of sp³-hybridized carbons (Fsp3) is 0.647. The summed E-state index contributed by atoms with van der Waals surface area (Å²) in [5.74, 6) is 1.59. The summed E-state index contributed by atoms with van der Waals surface area (Å²) in [6.45, 7) is 7.05. The first-order chi connectivity index (χ1) is 8.72. The minimum absolute atomic E-state index is 0.650. The second-order valence-corrected chi connectivity index (χ2v) is 5.96. The highest BCUT2D eigenvalue weighted by Gasteiger charge is 2.27. The topological polar surface area (TPSA) is 12.0 Å². The third kappa shape index (κ3) is 3.07. The standard InChI is InChI=1S/C17H27N/c1-4-8-15-11-5-6-12-16(15)18-17-13(2)9-7-10-14(17)3/h5-6,11-14,17-18H,4,7-10H2,1-3H3. The molecule has 1 fully saturated rings. The molecule has 2 atom stereocenters. The van der Waals surface area contributed by atoms with Crippen molar-refractivity contribution in [2.45, 2.75) is 58.9 Å². The number of aryl methyl sites for hydroxylation is 1. The van der Waals surface area contributed by atoms with Gasteiger partial charge in [0, 0.05) is 11.7 Å². The van der Waals surface area contributed by atoms with E-state index in [1.165, 1.54) is 43.4 Å². The molecule has 0 amide bonds. The number of anilines is 1. The van der Waals surface area contributed by atoms with Crippen molar-refractivity contribution in [2.75, 3.05) is 5.32 Å². The zero-order chi connectivity index (χ0) is 13.0. The third-order valence-corrected chi connectivity index (χ3v) is 4.40. The van der Waals surface area contributed by atoms with Crippen molar-refractivity contribution in [3.8, 4) is 0 Å². The molecule has 1 aromatic carbocycles. The molecule has 1 aliphatic carbocycles. The van der Waals surface area contributed by atoms with Gasteiger partial charge in [-0.3, -0.25) is 0 Å². The quantitative estimate of drug-likeness (QED) is 0.797. The van der Waals surface area contributed by atoms with Crippen LogP contribution in [-0.2, 0) is 6.42 Å². The van der Waals surface area contributed by atoms with Crippen molar-refractivity contribution in [3.05, 3.63) is 29.8 Å². The van der Waals surface area contributed by atoms with Crippen molar-refractivity contribution in [3.63, 3.8) is 0 Å². The van der Waals surface area contributed by atoms with E-state index in [-0.39, 0.29) is 0 Å². The highest BCUT2D eigenvalue weighted by molar-refractivity contribution is 5.52. The predicted octanol–water partition coefficient (Wildman–Crippen LogP) is 4.88. The van der Waals surface area contributed by atoms with Gasteiger partial charge < -0.3 is 5.32 Å². The van der Waals surface area contributed by atoms with Crippen LogP contribution in [0.15, 0.2) is 24.3 Å². The van der Waals surface area contributed by atoms with Crippen LogP contribution in [0.3, 0.4) is 0 Å². The molecule has 2 rings (SSSR count).